The fourth-order valence-electron chi connectivity index (χ4n) is 2.94. The number of nitro benzene ring substituents is 1. The van der Waals surface area contributed by atoms with Gasteiger partial charge in [-0.25, -0.2) is 0 Å². The van der Waals surface area contributed by atoms with Crippen molar-refractivity contribution in [3.63, 3.8) is 0 Å². The van der Waals surface area contributed by atoms with Gasteiger partial charge in [0.1, 0.15) is 11.0 Å². The van der Waals surface area contributed by atoms with Crippen LogP contribution in [-0.2, 0) is 0 Å². The van der Waals surface area contributed by atoms with Gasteiger partial charge >= 0.3 is 0 Å². The van der Waals surface area contributed by atoms with Crippen LogP contribution in [-0.4, -0.2) is 30.9 Å². The summed E-state index contributed by atoms with van der Waals surface area (Å²) in [6.45, 7) is 1.89. The predicted molar refractivity (Wildman–Crippen MR) is 120 cm³/mol. The predicted octanol–water partition coefficient (Wildman–Crippen LogP) is 3.76. The fraction of sp³-hybridized carbons (Fsp3) is 0.0476. The van der Waals surface area contributed by atoms with Crippen molar-refractivity contribution in [2.45, 2.75) is 6.92 Å². The van der Waals surface area contributed by atoms with Gasteiger partial charge in [-0.3, -0.25) is 20.2 Å². The van der Waals surface area contributed by atoms with E-state index >= 15 is 0 Å². The van der Waals surface area contributed by atoms with Crippen LogP contribution in [0.3, 0.4) is 0 Å². The van der Waals surface area contributed by atoms with Crippen LogP contribution in [0.1, 0.15) is 15.9 Å². The summed E-state index contributed by atoms with van der Waals surface area (Å²) in [5, 5.41) is 25.4. The molecule has 0 saturated heterocycles. The Labute approximate surface area is 181 Å². The molecule has 31 heavy (non-hydrogen) atoms. The summed E-state index contributed by atoms with van der Waals surface area (Å²) in [5.74, 6) is -0.471. The summed E-state index contributed by atoms with van der Waals surface area (Å²) in [7, 11) is 0. The minimum Gasteiger partial charge on any atom is -0.332 e. The topological polar surface area (TPSA) is 115 Å². The van der Waals surface area contributed by atoms with Gasteiger partial charge in [-0.15, -0.1) is 10.2 Å². The lowest BCUT2D eigenvalue weighted by Gasteiger charge is -2.11. The number of para-hydroxylation sites is 1. The normalized spacial score (nSPS) is 10.6. The summed E-state index contributed by atoms with van der Waals surface area (Å²) in [5.41, 5.74) is 3.96. The monoisotopic (exact) mass is 432 g/mol. The third-order valence-corrected chi connectivity index (χ3v) is 4.73. The number of nitro groups is 1. The number of nitrogens with zero attached hydrogens (tertiary/aromatic N) is 4. The molecular weight excluding hydrogens is 416 g/mol. The first-order valence-corrected chi connectivity index (χ1v) is 9.61. The first-order valence-electron chi connectivity index (χ1n) is 9.20. The van der Waals surface area contributed by atoms with Crippen molar-refractivity contribution in [1.82, 2.24) is 20.3 Å². The molecular formula is C21H16N6O3S. The average Bonchev–Trinajstić information content (AvgIpc) is 3.17. The molecule has 1 amide bonds. The molecule has 154 valence electrons. The van der Waals surface area contributed by atoms with Gasteiger partial charge in [-0.1, -0.05) is 18.2 Å². The molecule has 0 bridgehead atoms. The van der Waals surface area contributed by atoms with Crippen LogP contribution in [0.25, 0.3) is 16.7 Å². The van der Waals surface area contributed by atoms with Gasteiger partial charge in [0.2, 0.25) is 0 Å². The molecule has 0 spiro atoms. The molecule has 0 fully saturated rings. The van der Waals surface area contributed by atoms with Crippen LogP contribution in [0.5, 0.6) is 0 Å². The Bertz CT molecular complexity index is 1300. The zero-order valence-corrected chi connectivity index (χ0v) is 17.1. The Hall–Kier alpha value is -4.18. The molecule has 4 aromatic rings. The first kappa shape index (κ1) is 20.1. The molecule has 0 aliphatic heterocycles. The number of aryl methyl sites for hydroxylation is 1. The number of anilines is 1. The van der Waals surface area contributed by atoms with Gasteiger partial charge in [0.25, 0.3) is 11.6 Å². The van der Waals surface area contributed by atoms with E-state index in [1.54, 1.807) is 10.9 Å². The molecule has 0 unspecified atom stereocenters. The number of fused-ring (bicyclic) bond motifs is 1. The van der Waals surface area contributed by atoms with Crippen molar-refractivity contribution in [3.8, 4) is 5.69 Å². The van der Waals surface area contributed by atoms with E-state index in [2.05, 4.69) is 20.8 Å². The highest BCUT2D eigenvalue weighted by Crippen LogP contribution is 2.22. The average molecular weight is 432 g/mol. The minimum absolute atomic E-state index is 0.0928. The number of thiocarbonyl (C=S) groups is 1. The lowest BCUT2D eigenvalue weighted by atomic mass is 10.2. The Morgan fingerprint density at radius 3 is 2.32 bits per heavy atom. The van der Waals surface area contributed by atoms with Gasteiger partial charge in [-0.05, 0) is 61.1 Å². The molecule has 0 saturated carbocycles. The van der Waals surface area contributed by atoms with E-state index in [9.17, 15) is 14.9 Å². The molecule has 0 aliphatic rings. The van der Waals surface area contributed by atoms with E-state index in [0.717, 1.165) is 16.8 Å². The van der Waals surface area contributed by atoms with Crippen LogP contribution in [0.4, 0.5) is 11.4 Å². The Balaban J connectivity index is 1.49. The van der Waals surface area contributed by atoms with Crippen LogP contribution < -0.4 is 10.6 Å². The summed E-state index contributed by atoms with van der Waals surface area (Å²) in [4.78, 5) is 24.1. The van der Waals surface area contributed by atoms with E-state index < -0.39 is 10.8 Å². The number of aromatic nitrogens is 3. The quantitative estimate of drug-likeness (QED) is 0.287. The second kappa shape index (κ2) is 8.28. The number of benzene rings is 3. The number of non-ortho nitro benzene ring substituents is 1. The van der Waals surface area contributed by atoms with Crippen LogP contribution in [0.2, 0.25) is 0 Å². The number of carbonyl (C=O) groups excluding carboxylic acids is 1. The van der Waals surface area contributed by atoms with E-state index in [1.165, 1.54) is 24.3 Å². The maximum absolute atomic E-state index is 12.3. The third-order valence-electron chi connectivity index (χ3n) is 4.53. The number of amides is 1. The molecule has 2 N–H and O–H groups in total. The summed E-state index contributed by atoms with van der Waals surface area (Å²) >= 11 is 5.25. The van der Waals surface area contributed by atoms with Crippen molar-refractivity contribution < 1.29 is 9.72 Å². The van der Waals surface area contributed by atoms with E-state index in [1.807, 2.05) is 43.3 Å². The van der Waals surface area contributed by atoms with Gasteiger partial charge in [0, 0.05) is 23.4 Å². The molecule has 0 atom stereocenters. The molecule has 9 nitrogen and oxygen atoms in total. The van der Waals surface area contributed by atoms with Crippen molar-refractivity contribution in [1.29, 1.82) is 0 Å². The fourth-order valence-corrected chi connectivity index (χ4v) is 3.15. The number of carbonyl (C=O) groups is 1. The Morgan fingerprint density at radius 2 is 1.68 bits per heavy atom. The summed E-state index contributed by atoms with van der Waals surface area (Å²) in [6, 6.07) is 18.5. The minimum atomic E-state index is -0.527. The third kappa shape index (κ3) is 4.38. The smallest absolute Gasteiger partial charge is 0.269 e. The second-order valence-electron chi connectivity index (χ2n) is 6.69. The van der Waals surface area contributed by atoms with Crippen LogP contribution >= 0.6 is 12.2 Å². The number of nitrogens with one attached hydrogen (secondary N) is 2. The maximum Gasteiger partial charge on any atom is 0.269 e. The number of hydrogen-bond acceptors (Lipinski definition) is 6. The van der Waals surface area contributed by atoms with Crippen LogP contribution in [0.15, 0.2) is 66.7 Å². The zero-order chi connectivity index (χ0) is 22.0. The zero-order valence-electron chi connectivity index (χ0n) is 16.3. The largest absolute Gasteiger partial charge is 0.332 e. The standard InChI is InChI=1S/C21H16N6O3S/c1-13-11-18-19(25-26(24-18)15-5-3-2-4-6-15)12-17(13)22-21(31)23-20(28)14-7-9-16(10-8-14)27(29)30/h2-12H,1H3,(H2,22,23,28,31). The van der Waals surface area contributed by atoms with Crippen molar-refractivity contribution >= 4 is 45.6 Å². The van der Waals surface area contributed by atoms with Gasteiger partial charge in [0.05, 0.1) is 10.6 Å². The second-order valence-corrected chi connectivity index (χ2v) is 7.10. The van der Waals surface area contributed by atoms with Gasteiger partial charge in [-0.2, -0.15) is 4.80 Å². The Morgan fingerprint density at radius 1 is 1.03 bits per heavy atom. The highest BCUT2D eigenvalue weighted by atomic mass is 32.1. The van der Waals surface area contributed by atoms with E-state index in [0.29, 0.717) is 11.2 Å². The lowest BCUT2D eigenvalue weighted by molar-refractivity contribution is -0.384. The van der Waals surface area contributed by atoms with Crippen molar-refractivity contribution in [2.24, 2.45) is 0 Å². The highest BCUT2D eigenvalue weighted by Gasteiger charge is 2.13. The van der Waals surface area contributed by atoms with E-state index in [-0.39, 0.29) is 16.4 Å². The first-order chi connectivity index (χ1) is 14.9. The summed E-state index contributed by atoms with van der Waals surface area (Å²) < 4.78 is 0. The highest BCUT2D eigenvalue weighted by molar-refractivity contribution is 7.80. The number of rotatable bonds is 4. The van der Waals surface area contributed by atoms with E-state index in [4.69, 9.17) is 12.2 Å². The lowest BCUT2D eigenvalue weighted by Crippen LogP contribution is -2.34. The maximum atomic E-state index is 12.3. The molecule has 1 heterocycles. The summed E-state index contributed by atoms with van der Waals surface area (Å²) in [6.07, 6.45) is 0. The molecule has 1 aromatic heterocycles. The number of hydrogen-bond donors (Lipinski definition) is 2. The van der Waals surface area contributed by atoms with Gasteiger partial charge < -0.3 is 5.32 Å². The molecule has 10 heteroatoms. The van der Waals surface area contributed by atoms with Crippen molar-refractivity contribution in [2.75, 3.05) is 5.32 Å². The molecule has 3 aromatic carbocycles. The van der Waals surface area contributed by atoms with Gasteiger partial charge in [0.15, 0.2) is 5.11 Å². The molecule has 4 rings (SSSR count). The SMILES string of the molecule is Cc1cc2nn(-c3ccccc3)nc2cc1NC(=S)NC(=O)c1ccc([N+](=O)[O-])cc1. The Kier molecular flexibility index (Phi) is 5.37. The molecule has 0 radical (unpaired) electrons. The van der Waals surface area contributed by atoms with Crippen molar-refractivity contribution in [3.05, 3.63) is 88.0 Å². The van der Waals surface area contributed by atoms with Crippen LogP contribution in [0, 0.1) is 17.0 Å². The molecule has 0 aliphatic carbocycles.